The summed E-state index contributed by atoms with van der Waals surface area (Å²) in [6.07, 6.45) is -0.837. The van der Waals surface area contributed by atoms with E-state index in [1.807, 2.05) is 48.5 Å². The second-order valence-electron chi connectivity index (χ2n) is 6.25. The number of carbonyl (C=O) groups excluding carboxylic acids is 2. The second kappa shape index (κ2) is 7.84. The van der Waals surface area contributed by atoms with Gasteiger partial charge in [0, 0.05) is 5.56 Å². The number of benzene rings is 3. The van der Waals surface area contributed by atoms with Crippen LogP contribution < -0.4 is 20.3 Å². The first-order chi connectivity index (χ1) is 13.7. The Morgan fingerprint density at radius 1 is 0.750 bits per heavy atom. The zero-order valence-electron chi connectivity index (χ0n) is 14.9. The Labute approximate surface area is 162 Å². The number of nitrogens with one attached hydrogen (secondary N) is 2. The number of para-hydroxylation sites is 2. The molecule has 2 amide bonds. The van der Waals surface area contributed by atoms with Gasteiger partial charge in [-0.15, -0.1) is 0 Å². The number of fused-ring (bicyclic) bond motifs is 1. The van der Waals surface area contributed by atoms with Crippen molar-refractivity contribution in [1.29, 1.82) is 0 Å². The van der Waals surface area contributed by atoms with Crippen LogP contribution in [0.5, 0.6) is 11.5 Å². The highest BCUT2D eigenvalue weighted by atomic mass is 16.6. The quantitative estimate of drug-likeness (QED) is 0.691. The van der Waals surface area contributed by atoms with Crippen LogP contribution in [0, 0.1) is 0 Å². The van der Waals surface area contributed by atoms with Crippen LogP contribution in [0.15, 0.2) is 78.9 Å². The maximum absolute atomic E-state index is 12.3. The standard InChI is InChI=1S/C22H18N2O4/c25-21(17-12-10-16(11-13-17)15-6-2-1-3-7-15)23-24-22(26)20-14-27-18-8-4-5-9-19(18)28-20/h1-13,20H,14H2,(H,23,25)(H,24,26)/t20-/m1/s1. The van der Waals surface area contributed by atoms with E-state index < -0.39 is 17.9 Å². The Hall–Kier alpha value is -3.80. The molecule has 0 bridgehead atoms. The summed E-state index contributed by atoms with van der Waals surface area (Å²) in [5, 5.41) is 0. The molecule has 0 saturated carbocycles. The van der Waals surface area contributed by atoms with E-state index in [0.717, 1.165) is 11.1 Å². The van der Waals surface area contributed by atoms with Crippen molar-refractivity contribution in [1.82, 2.24) is 10.9 Å². The van der Waals surface area contributed by atoms with E-state index in [0.29, 0.717) is 17.1 Å². The molecule has 28 heavy (non-hydrogen) atoms. The van der Waals surface area contributed by atoms with E-state index in [-0.39, 0.29) is 6.61 Å². The van der Waals surface area contributed by atoms with Crippen LogP contribution in [0.4, 0.5) is 0 Å². The van der Waals surface area contributed by atoms with Crippen LogP contribution in [-0.2, 0) is 4.79 Å². The fourth-order valence-corrected chi connectivity index (χ4v) is 2.86. The van der Waals surface area contributed by atoms with Crippen molar-refractivity contribution in [2.75, 3.05) is 6.61 Å². The fraction of sp³-hybridized carbons (Fsp3) is 0.0909. The summed E-state index contributed by atoms with van der Waals surface area (Å²) < 4.78 is 11.1. The molecule has 0 unspecified atom stereocenters. The Morgan fingerprint density at radius 2 is 1.39 bits per heavy atom. The molecule has 2 N–H and O–H groups in total. The molecule has 6 heteroatoms. The normalized spacial score (nSPS) is 14.8. The number of amides is 2. The van der Waals surface area contributed by atoms with Gasteiger partial charge in [-0.2, -0.15) is 0 Å². The molecule has 1 aliphatic rings. The molecule has 0 saturated heterocycles. The van der Waals surface area contributed by atoms with Gasteiger partial charge in [0.1, 0.15) is 6.61 Å². The molecule has 0 spiro atoms. The van der Waals surface area contributed by atoms with Crippen molar-refractivity contribution in [3.63, 3.8) is 0 Å². The van der Waals surface area contributed by atoms with E-state index >= 15 is 0 Å². The molecule has 0 aromatic heterocycles. The van der Waals surface area contributed by atoms with Gasteiger partial charge in [-0.3, -0.25) is 20.4 Å². The van der Waals surface area contributed by atoms with Gasteiger partial charge >= 0.3 is 0 Å². The van der Waals surface area contributed by atoms with Gasteiger partial charge in [0.2, 0.25) is 6.10 Å². The lowest BCUT2D eigenvalue weighted by Crippen LogP contribution is -2.50. The SMILES string of the molecule is O=C(NNC(=O)[C@H]1COc2ccccc2O1)c1ccc(-c2ccccc2)cc1. The fourth-order valence-electron chi connectivity index (χ4n) is 2.86. The molecule has 1 atom stereocenters. The van der Waals surface area contributed by atoms with E-state index in [1.54, 1.807) is 30.3 Å². The summed E-state index contributed by atoms with van der Waals surface area (Å²) in [7, 11) is 0. The maximum atomic E-state index is 12.3. The minimum Gasteiger partial charge on any atom is -0.485 e. The first-order valence-electron chi connectivity index (χ1n) is 8.85. The van der Waals surface area contributed by atoms with Crippen LogP contribution in [0.3, 0.4) is 0 Å². The smallest absolute Gasteiger partial charge is 0.283 e. The average Bonchev–Trinajstić information content (AvgIpc) is 2.77. The van der Waals surface area contributed by atoms with Gasteiger partial charge in [0.15, 0.2) is 11.5 Å². The van der Waals surface area contributed by atoms with Gasteiger partial charge in [0.25, 0.3) is 11.8 Å². The minimum absolute atomic E-state index is 0.0739. The van der Waals surface area contributed by atoms with Crippen LogP contribution >= 0.6 is 0 Å². The topological polar surface area (TPSA) is 76.7 Å². The number of carbonyl (C=O) groups is 2. The Balaban J connectivity index is 1.34. The monoisotopic (exact) mass is 374 g/mol. The number of hydrogen-bond acceptors (Lipinski definition) is 4. The number of rotatable bonds is 3. The third-order valence-electron chi connectivity index (χ3n) is 4.35. The Bertz CT molecular complexity index is 987. The van der Waals surface area contributed by atoms with Gasteiger partial charge in [0.05, 0.1) is 0 Å². The van der Waals surface area contributed by atoms with Crippen molar-refractivity contribution in [3.05, 3.63) is 84.4 Å². The molecular formula is C22H18N2O4. The summed E-state index contributed by atoms with van der Waals surface area (Å²) in [4.78, 5) is 24.5. The third-order valence-corrected chi connectivity index (χ3v) is 4.35. The van der Waals surface area contributed by atoms with Gasteiger partial charge in [-0.05, 0) is 35.4 Å². The van der Waals surface area contributed by atoms with E-state index in [9.17, 15) is 9.59 Å². The lowest BCUT2D eigenvalue weighted by molar-refractivity contribution is -0.131. The Kier molecular flexibility index (Phi) is 4.93. The largest absolute Gasteiger partial charge is 0.485 e. The maximum Gasteiger partial charge on any atom is 0.283 e. The summed E-state index contributed by atoms with van der Waals surface area (Å²) >= 11 is 0. The molecule has 0 fully saturated rings. The van der Waals surface area contributed by atoms with Crippen molar-refractivity contribution in [2.24, 2.45) is 0 Å². The molecule has 4 rings (SSSR count). The van der Waals surface area contributed by atoms with Crippen molar-refractivity contribution >= 4 is 11.8 Å². The summed E-state index contributed by atoms with van der Waals surface area (Å²) in [5.41, 5.74) is 7.30. The first-order valence-corrected chi connectivity index (χ1v) is 8.85. The second-order valence-corrected chi connectivity index (χ2v) is 6.25. The van der Waals surface area contributed by atoms with Gasteiger partial charge < -0.3 is 9.47 Å². The molecule has 140 valence electrons. The Morgan fingerprint density at radius 3 is 2.14 bits per heavy atom. The molecule has 0 aliphatic carbocycles. The van der Waals surface area contributed by atoms with Crippen molar-refractivity contribution in [2.45, 2.75) is 6.10 Å². The van der Waals surface area contributed by atoms with Crippen molar-refractivity contribution in [3.8, 4) is 22.6 Å². The predicted molar refractivity (Wildman–Crippen MR) is 104 cm³/mol. The average molecular weight is 374 g/mol. The van der Waals surface area contributed by atoms with E-state index in [1.165, 1.54) is 0 Å². The van der Waals surface area contributed by atoms with Crippen LogP contribution in [0.25, 0.3) is 11.1 Å². The molecular weight excluding hydrogens is 356 g/mol. The molecule has 3 aromatic carbocycles. The number of hydrazine groups is 1. The summed E-state index contributed by atoms with van der Waals surface area (Å²) in [5.74, 6) is 0.194. The highest BCUT2D eigenvalue weighted by Crippen LogP contribution is 2.30. The van der Waals surface area contributed by atoms with Crippen molar-refractivity contribution < 1.29 is 19.1 Å². The van der Waals surface area contributed by atoms with Crippen LogP contribution in [0.1, 0.15) is 10.4 Å². The zero-order valence-corrected chi connectivity index (χ0v) is 14.9. The third kappa shape index (κ3) is 3.81. The van der Waals surface area contributed by atoms with Gasteiger partial charge in [-0.25, -0.2) is 0 Å². The molecule has 1 aliphatic heterocycles. The van der Waals surface area contributed by atoms with Gasteiger partial charge in [-0.1, -0.05) is 54.6 Å². The van der Waals surface area contributed by atoms with E-state index in [4.69, 9.17) is 9.47 Å². The zero-order chi connectivity index (χ0) is 19.3. The highest BCUT2D eigenvalue weighted by Gasteiger charge is 2.27. The lowest BCUT2D eigenvalue weighted by Gasteiger charge is -2.25. The number of ether oxygens (including phenoxy) is 2. The highest BCUT2D eigenvalue weighted by molar-refractivity contribution is 5.96. The first kappa shape index (κ1) is 17.6. The molecule has 6 nitrogen and oxygen atoms in total. The molecule has 1 heterocycles. The van der Waals surface area contributed by atoms with Crippen LogP contribution in [-0.4, -0.2) is 24.5 Å². The number of hydrogen-bond donors (Lipinski definition) is 2. The predicted octanol–water partition coefficient (Wildman–Crippen LogP) is 2.95. The molecule has 0 radical (unpaired) electrons. The van der Waals surface area contributed by atoms with Crippen LogP contribution in [0.2, 0.25) is 0 Å². The molecule has 3 aromatic rings. The summed E-state index contributed by atoms with van der Waals surface area (Å²) in [6, 6.07) is 24.1. The van der Waals surface area contributed by atoms with E-state index in [2.05, 4.69) is 10.9 Å². The lowest BCUT2D eigenvalue weighted by atomic mass is 10.0. The summed E-state index contributed by atoms with van der Waals surface area (Å²) in [6.45, 7) is 0.0739. The minimum atomic E-state index is -0.837.